The molecule has 0 N–H and O–H groups in total. The van der Waals surface area contributed by atoms with Gasteiger partial charge in [-0.25, -0.2) is 0 Å². The van der Waals surface area contributed by atoms with E-state index < -0.39 is 0 Å². The fraction of sp³-hybridized carbons (Fsp3) is 0.321. The number of methoxy groups -OCH3 is 3. The van der Waals surface area contributed by atoms with E-state index in [0.29, 0.717) is 12.6 Å². The Labute approximate surface area is 207 Å². The van der Waals surface area contributed by atoms with Crippen molar-refractivity contribution in [1.82, 2.24) is 4.90 Å². The average molecular weight is 478 g/mol. The molecule has 1 unspecified atom stereocenters. The molecule has 1 heterocycles. The van der Waals surface area contributed by atoms with E-state index in [1.807, 2.05) is 42.5 Å². The standard InChI is InChI=1S/C28H31NO4S/c1-30-24-12-9-21(16-26(24)31-2)15-23-11-14-28(34)29(23)18-22-10-13-25(27(17-22)32-3)33-19-20-7-5-4-6-8-20/h4-10,12-13,16-17,23H,11,14-15,18-19H2,1-3H3. The molecule has 3 aromatic rings. The summed E-state index contributed by atoms with van der Waals surface area (Å²) in [5, 5.41) is 0. The molecule has 34 heavy (non-hydrogen) atoms. The number of ether oxygens (including phenoxy) is 4. The molecule has 1 fully saturated rings. The number of thiocarbonyl (C=S) groups is 1. The lowest BCUT2D eigenvalue weighted by molar-refractivity contribution is 0.283. The second-order valence-electron chi connectivity index (χ2n) is 8.37. The van der Waals surface area contributed by atoms with Gasteiger partial charge in [-0.3, -0.25) is 0 Å². The Morgan fingerprint density at radius 1 is 0.765 bits per heavy atom. The second kappa shape index (κ2) is 11.3. The van der Waals surface area contributed by atoms with Crippen LogP contribution in [0.25, 0.3) is 0 Å². The van der Waals surface area contributed by atoms with Crippen LogP contribution in [0.15, 0.2) is 66.7 Å². The van der Waals surface area contributed by atoms with Crippen LogP contribution in [0.5, 0.6) is 23.0 Å². The number of rotatable bonds is 10. The van der Waals surface area contributed by atoms with E-state index in [9.17, 15) is 0 Å². The molecule has 0 radical (unpaired) electrons. The van der Waals surface area contributed by atoms with Gasteiger partial charge in [-0.1, -0.05) is 54.7 Å². The largest absolute Gasteiger partial charge is 0.493 e. The number of nitrogens with zero attached hydrogens (tertiary/aromatic N) is 1. The highest BCUT2D eigenvalue weighted by molar-refractivity contribution is 7.80. The van der Waals surface area contributed by atoms with Crippen LogP contribution in [0, 0.1) is 0 Å². The van der Waals surface area contributed by atoms with E-state index in [-0.39, 0.29) is 0 Å². The summed E-state index contributed by atoms with van der Waals surface area (Å²) in [6.45, 7) is 1.24. The van der Waals surface area contributed by atoms with E-state index in [2.05, 4.69) is 29.2 Å². The summed E-state index contributed by atoms with van der Waals surface area (Å²) in [6, 6.07) is 22.7. The quantitative estimate of drug-likeness (QED) is 0.343. The smallest absolute Gasteiger partial charge is 0.161 e. The van der Waals surface area contributed by atoms with E-state index in [0.717, 1.165) is 64.9 Å². The van der Waals surface area contributed by atoms with Crippen molar-refractivity contribution < 1.29 is 18.9 Å². The Kier molecular flexibility index (Phi) is 7.91. The Morgan fingerprint density at radius 3 is 2.15 bits per heavy atom. The Bertz CT molecular complexity index is 1120. The summed E-state index contributed by atoms with van der Waals surface area (Å²) in [4.78, 5) is 3.35. The van der Waals surface area contributed by atoms with Gasteiger partial charge in [0, 0.05) is 12.6 Å². The Balaban J connectivity index is 1.45. The van der Waals surface area contributed by atoms with Crippen LogP contribution in [0.3, 0.4) is 0 Å². The van der Waals surface area contributed by atoms with Crippen molar-refractivity contribution in [3.8, 4) is 23.0 Å². The van der Waals surface area contributed by atoms with E-state index in [4.69, 9.17) is 31.2 Å². The minimum Gasteiger partial charge on any atom is -0.493 e. The van der Waals surface area contributed by atoms with Gasteiger partial charge < -0.3 is 23.8 Å². The fourth-order valence-corrected chi connectivity index (χ4v) is 4.70. The molecule has 0 bridgehead atoms. The van der Waals surface area contributed by atoms with E-state index >= 15 is 0 Å². The minimum absolute atomic E-state index is 0.339. The summed E-state index contributed by atoms with van der Waals surface area (Å²) >= 11 is 5.73. The predicted octanol–water partition coefficient (Wildman–Crippen LogP) is 5.83. The summed E-state index contributed by atoms with van der Waals surface area (Å²) in [5.41, 5.74) is 3.47. The van der Waals surface area contributed by atoms with Crippen molar-refractivity contribution in [2.24, 2.45) is 0 Å². The first kappa shape index (κ1) is 23.9. The predicted molar refractivity (Wildman–Crippen MR) is 138 cm³/mol. The maximum Gasteiger partial charge on any atom is 0.161 e. The highest BCUT2D eigenvalue weighted by Crippen LogP contribution is 2.33. The molecule has 1 saturated heterocycles. The van der Waals surface area contributed by atoms with Crippen molar-refractivity contribution in [2.75, 3.05) is 21.3 Å². The molecule has 178 valence electrons. The average Bonchev–Trinajstić information content (AvgIpc) is 3.22. The van der Waals surface area contributed by atoms with E-state index in [1.165, 1.54) is 5.56 Å². The van der Waals surface area contributed by atoms with Gasteiger partial charge in [0.25, 0.3) is 0 Å². The molecule has 0 saturated carbocycles. The van der Waals surface area contributed by atoms with Gasteiger partial charge >= 0.3 is 0 Å². The number of benzene rings is 3. The zero-order valence-corrected chi connectivity index (χ0v) is 20.8. The molecule has 1 aliphatic heterocycles. The first-order valence-corrected chi connectivity index (χ1v) is 11.9. The monoisotopic (exact) mass is 477 g/mol. The molecule has 5 nitrogen and oxygen atoms in total. The van der Waals surface area contributed by atoms with Gasteiger partial charge in [-0.2, -0.15) is 0 Å². The first-order valence-electron chi connectivity index (χ1n) is 11.4. The third kappa shape index (κ3) is 5.62. The third-order valence-electron chi connectivity index (χ3n) is 6.19. The van der Waals surface area contributed by atoms with Crippen LogP contribution in [0.2, 0.25) is 0 Å². The Hall–Kier alpha value is -3.25. The van der Waals surface area contributed by atoms with Gasteiger partial charge in [-0.15, -0.1) is 0 Å². The van der Waals surface area contributed by atoms with Crippen molar-refractivity contribution in [3.63, 3.8) is 0 Å². The zero-order valence-electron chi connectivity index (χ0n) is 20.0. The maximum atomic E-state index is 6.01. The molecule has 1 aliphatic rings. The van der Waals surface area contributed by atoms with Crippen molar-refractivity contribution in [1.29, 1.82) is 0 Å². The van der Waals surface area contributed by atoms with Gasteiger partial charge in [0.1, 0.15) is 6.61 Å². The van der Waals surface area contributed by atoms with Crippen molar-refractivity contribution >= 4 is 17.2 Å². The van der Waals surface area contributed by atoms with Crippen molar-refractivity contribution in [2.45, 2.75) is 38.5 Å². The molecular weight excluding hydrogens is 446 g/mol. The number of hydrogen-bond acceptors (Lipinski definition) is 5. The van der Waals surface area contributed by atoms with E-state index in [1.54, 1.807) is 21.3 Å². The summed E-state index contributed by atoms with van der Waals surface area (Å²) < 4.78 is 22.5. The van der Waals surface area contributed by atoms with Gasteiger partial charge in [0.05, 0.1) is 26.3 Å². The van der Waals surface area contributed by atoms with Gasteiger partial charge in [-0.05, 0) is 60.2 Å². The highest BCUT2D eigenvalue weighted by atomic mass is 32.1. The van der Waals surface area contributed by atoms with Crippen LogP contribution >= 0.6 is 12.2 Å². The van der Waals surface area contributed by atoms with Crippen LogP contribution in [0.4, 0.5) is 0 Å². The molecule has 0 aliphatic carbocycles. The van der Waals surface area contributed by atoms with Crippen LogP contribution in [0.1, 0.15) is 29.5 Å². The van der Waals surface area contributed by atoms with Crippen LogP contribution < -0.4 is 18.9 Å². The first-order chi connectivity index (χ1) is 16.6. The molecule has 0 amide bonds. The normalized spacial score (nSPS) is 15.3. The second-order valence-corrected chi connectivity index (χ2v) is 8.84. The Morgan fingerprint density at radius 2 is 1.41 bits per heavy atom. The molecule has 0 spiro atoms. The molecule has 6 heteroatoms. The van der Waals surface area contributed by atoms with Crippen LogP contribution in [-0.2, 0) is 19.6 Å². The number of likely N-dealkylation sites (tertiary alicyclic amines) is 1. The minimum atomic E-state index is 0.339. The maximum absolute atomic E-state index is 6.01. The fourth-order valence-electron chi connectivity index (χ4n) is 4.36. The SMILES string of the molecule is COc1ccc(CC2CCC(=S)N2Cc2ccc(OCc3ccccc3)c(OC)c2)cc1OC. The third-order valence-corrected chi connectivity index (χ3v) is 6.63. The summed E-state index contributed by atoms with van der Waals surface area (Å²) in [6.07, 6.45) is 2.88. The summed E-state index contributed by atoms with van der Waals surface area (Å²) in [7, 11) is 5.00. The number of hydrogen-bond donors (Lipinski definition) is 0. The van der Waals surface area contributed by atoms with Crippen LogP contribution in [-0.4, -0.2) is 37.3 Å². The molecule has 4 rings (SSSR count). The lowest BCUT2D eigenvalue weighted by Crippen LogP contribution is -2.33. The molecule has 3 aromatic carbocycles. The zero-order chi connectivity index (χ0) is 23.9. The summed E-state index contributed by atoms with van der Waals surface area (Å²) in [5.74, 6) is 2.96. The van der Waals surface area contributed by atoms with Gasteiger partial charge in [0.2, 0.25) is 0 Å². The lowest BCUT2D eigenvalue weighted by Gasteiger charge is -2.27. The lowest BCUT2D eigenvalue weighted by atomic mass is 10.0. The van der Waals surface area contributed by atoms with Crippen molar-refractivity contribution in [3.05, 3.63) is 83.4 Å². The molecule has 1 atom stereocenters. The van der Waals surface area contributed by atoms with Gasteiger partial charge in [0.15, 0.2) is 23.0 Å². The topological polar surface area (TPSA) is 40.2 Å². The molecule has 0 aromatic heterocycles. The molecular formula is C28H31NO4S. The highest BCUT2D eigenvalue weighted by Gasteiger charge is 2.28.